The van der Waals surface area contributed by atoms with E-state index < -0.39 is 15.6 Å². The van der Waals surface area contributed by atoms with E-state index in [2.05, 4.69) is 5.32 Å². The molecule has 86 valence electrons. The first-order valence-corrected chi connectivity index (χ1v) is 6.08. The predicted molar refractivity (Wildman–Crippen MR) is 53.2 cm³/mol. The van der Waals surface area contributed by atoms with Gasteiger partial charge in [0.05, 0.1) is 24.5 Å². The monoisotopic (exact) mass is 226 g/mol. The number of nitrogens with two attached hydrogens (primary N) is 1. The molecule has 0 amide bonds. The molecule has 0 aliphatic heterocycles. The van der Waals surface area contributed by atoms with Gasteiger partial charge in [0, 0.05) is 6.54 Å². The number of sulfonamides is 1. The Morgan fingerprint density at radius 3 is 2.14 bits per heavy atom. The fraction of sp³-hybridized carbons (Fsp3) is 1.00. The highest BCUT2D eigenvalue weighted by Crippen LogP contribution is 2.07. The van der Waals surface area contributed by atoms with Crippen molar-refractivity contribution in [1.29, 1.82) is 0 Å². The van der Waals surface area contributed by atoms with Gasteiger partial charge in [-0.2, -0.15) is 0 Å². The summed E-state index contributed by atoms with van der Waals surface area (Å²) >= 11 is 0. The zero-order valence-electron chi connectivity index (χ0n) is 8.23. The highest BCUT2D eigenvalue weighted by Gasteiger charge is 2.25. The molecule has 7 heteroatoms. The van der Waals surface area contributed by atoms with Gasteiger partial charge in [0.1, 0.15) is 0 Å². The van der Waals surface area contributed by atoms with Gasteiger partial charge in [0.25, 0.3) is 0 Å². The first kappa shape index (κ1) is 13.8. The van der Waals surface area contributed by atoms with Crippen LogP contribution in [0.1, 0.15) is 13.3 Å². The largest absolute Gasteiger partial charge is 0.394 e. The van der Waals surface area contributed by atoms with E-state index in [1.165, 1.54) is 0 Å². The van der Waals surface area contributed by atoms with Crippen molar-refractivity contribution in [3.05, 3.63) is 0 Å². The Kier molecular flexibility index (Phi) is 5.53. The maximum absolute atomic E-state index is 10.6. The van der Waals surface area contributed by atoms with Crippen LogP contribution in [0.4, 0.5) is 0 Å². The van der Waals surface area contributed by atoms with Crippen LogP contribution in [0.5, 0.6) is 0 Å². The van der Waals surface area contributed by atoms with Gasteiger partial charge in [-0.25, -0.2) is 13.6 Å². The predicted octanol–water partition coefficient (Wildman–Crippen LogP) is -2.00. The van der Waals surface area contributed by atoms with Crippen molar-refractivity contribution < 1.29 is 18.6 Å². The van der Waals surface area contributed by atoms with Crippen molar-refractivity contribution in [1.82, 2.24) is 5.32 Å². The third-order valence-corrected chi connectivity index (χ3v) is 2.94. The zero-order chi connectivity index (χ0) is 11.2. The van der Waals surface area contributed by atoms with Gasteiger partial charge in [-0.05, 0) is 6.42 Å². The van der Waals surface area contributed by atoms with Gasteiger partial charge >= 0.3 is 0 Å². The molecule has 0 saturated carbocycles. The molecular formula is C7H18N2O4S. The SMILES string of the molecule is CCC(CO)(CO)NCCS(N)(=O)=O. The summed E-state index contributed by atoms with van der Waals surface area (Å²) in [5, 5.41) is 25.6. The molecule has 0 atom stereocenters. The Morgan fingerprint density at radius 2 is 1.86 bits per heavy atom. The van der Waals surface area contributed by atoms with Crippen LogP contribution in [0.3, 0.4) is 0 Å². The Labute approximate surface area is 84.2 Å². The minimum absolute atomic E-state index is 0.119. The average Bonchev–Trinajstić information content (AvgIpc) is 2.11. The number of aliphatic hydroxyl groups is 2. The topological polar surface area (TPSA) is 113 Å². The Morgan fingerprint density at radius 1 is 1.36 bits per heavy atom. The van der Waals surface area contributed by atoms with Gasteiger partial charge < -0.3 is 15.5 Å². The molecule has 0 bridgehead atoms. The molecule has 0 aromatic rings. The maximum atomic E-state index is 10.6. The molecule has 0 aromatic carbocycles. The van der Waals surface area contributed by atoms with Crippen LogP contribution in [0.25, 0.3) is 0 Å². The van der Waals surface area contributed by atoms with Crippen molar-refractivity contribution in [2.24, 2.45) is 5.14 Å². The van der Waals surface area contributed by atoms with Gasteiger partial charge in [0.15, 0.2) is 0 Å². The molecule has 0 saturated heterocycles. The highest BCUT2D eigenvalue weighted by molar-refractivity contribution is 7.89. The van der Waals surface area contributed by atoms with Crippen molar-refractivity contribution in [2.45, 2.75) is 18.9 Å². The average molecular weight is 226 g/mol. The summed E-state index contributed by atoms with van der Waals surface area (Å²) in [7, 11) is -3.50. The van der Waals surface area contributed by atoms with Gasteiger partial charge in [-0.3, -0.25) is 0 Å². The summed E-state index contributed by atoms with van der Waals surface area (Å²) in [5.74, 6) is -0.214. The van der Waals surface area contributed by atoms with Crippen LogP contribution >= 0.6 is 0 Å². The standard InChI is InChI=1S/C7H18N2O4S/c1-2-7(5-10,6-11)9-3-4-14(8,12)13/h9-11H,2-6H2,1H3,(H2,8,12,13). The first-order chi connectivity index (χ1) is 6.39. The number of hydrogen-bond donors (Lipinski definition) is 4. The Hall–Kier alpha value is -0.210. The van der Waals surface area contributed by atoms with Crippen LogP contribution < -0.4 is 10.5 Å². The molecular weight excluding hydrogens is 208 g/mol. The summed E-state index contributed by atoms with van der Waals surface area (Å²) in [6, 6.07) is 0. The minimum atomic E-state index is -3.50. The van der Waals surface area contributed by atoms with Crippen LogP contribution in [0, 0.1) is 0 Å². The van der Waals surface area contributed by atoms with E-state index in [4.69, 9.17) is 15.4 Å². The zero-order valence-corrected chi connectivity index (χ0v) is 9.05. The molecule has 0 rings (SSSR count). The minimum Gasteiger partial charge on any atom is -0.394 e. The van der Waals surface area contributed by atoms with Crippen LogP contribution in [0.2, 0.25) is 0 Å². The quantitative estimate of drug-likeness (QED) is 0.401. The second kappa shape index (κ2) is 5.62. The lowest BCUT2D eigenvalue weighted by atomic mass is 9.99. The molecule has 0 heterocycles. The number of rotatable bonds is 7. The normalized spacial score (nSPS) is 13.1. The number of primary sulfonamides is 1. The summed E-state index contributed by atoms with van der Waals surface area (Å²) in [4.78, 5) is 0. The Bertz CT molecular complexity index is 240. The molecule has 0 aliphatic carbocycles. The second-order valence-electron chi connectivity index (χ2n) is 3.24. The van der Waals surface area contributed by atoms with E-state index in [1.54, 1.807) is 6.92 Å². The van der Waals surface area contributed by atoms with E-state index in [9.17, 15) is 8.42 Å². The lowest BCUT2D eigenvalue weighted by molar-refractivity contribution is 0.0895. The molecule has 0 aliphatic rings. The second-order valence-corrected chi connectivity index (χ2v) is 4.98. The lowest BCUT2D eigenvalue weighted by Crippen LogP contribution is -2.52. The smallest absolute Gasteiger partial charge is 0.210 e. The number of aliphatic hydroxyl groups excluding tert-OH is 2. The third-order valence-electron chi connectivity index (χ3n) is 2.17. The summed E-state index contributed by atoms with van der Waals surface area (Å²) in [5.41, 5.74) is -0.815. The molecule has 0 fully saturated rings. The van der Waals surface area contributed by atoms with Crippen molar-refractivity contribution >= 4 is 10.0 Å². The molecule has 0 spiro atoms. The van der Waals surface area contributed by atoms with E-state index in [1.807, 2.05) is 0 Å². The molecule has 0 aromatic heterocycles. The van der Waals surface area contributed by atoms with Crippen LogP contribution in [0.15, 0.2) is 0 Å². The van der Waals surface area contributed by atoms with Crippen molar-refractivity contribution in [3.8, 4) is 0 Å². The molecule has 0 radical (unpaired) electrons. The van der Waals surface area contributed by atoms with Gasteiger partial charge in [0.2, 0.25) is 10.0 Å². The maximum Gasteiger partial charge on any atom is 0.210 e. The fourth-order valence-corrected chi connectivity index (χ4v) is 1.36. The van der Waals surface area contributed by atoms with Crippen LogP contribution in [-0.2, 0) is 10.0 Å². The first-order valence-electron chi connectivity index (χ1n) is 4.36. The van der Waals surface area contributed by atoms with Gasteiger partial charge in [-0.15, -0.1) is 0 Å². The lowest BCUT2D eigenvalue weighted by Gasteiger charge is -2.29. The van der Waals surface area contributed by atoms with E-state index in [-0.39, 0.29) is 25.5 Å². The molecule has 6 nitrogen and oxygen atoms in total. The fourth-order valence-electron chi connectivity index (χ4n) is 0.969. The van der Waals surface area contributed by atoms with Crippen molar-refractivity contribution in [3.63, 3.8) is 0 Å². The molecule has 0 unspecified atom stereocenters. The van der Waals surface area contributed by atoms with Gasteiger partial charge in [-0.1, -0.05) is 6.92 Å². The third kappa shape index (κ3) is 4.87. The van der Waals surface area contributed by atoms with Crippen molar-refractivity contribution in [2.75, 3.05) is 25.5 Å². The molecule has 5 N–H and O–H groups in total. The summed E-state index contributed by atoms with van der Waals surface area (Å²) in [6.45, 7) is 1.42. The summed E-state index contributed by atoms with van der Waals surface area (Å²) in [6.07, 6.45) is 0.505. The van der Waals surface area contributed by atoms with Crippen LogP contribution in [-0.4, -0.2) is 49.7 Å². The van der Waals surface area contributed by atoms with E-state index in [0.29, 0.717) is 6.42 Å². The highest BCUT2D eigenvalue weighted by atomic mass is 32.2. The summed E-state index contributed by atoms with van der Waals surface area (Å²) < 4.78 is 21.2. The number of nitrogens with one attached hydrogen (secondary N) is 1. The van der Waals surface area contributed by atoms with E-state index in [0.717, 1.165) is 0 Å². The number of hydrogen-bond acceptors (Lipinski definition) is 5. The molecule has 14 heavy (non-hydrogen) atoms. The Balaban J connectivity index is 4.08. The van der Waals surface area contributed by atoms with E-state index >= 15 is 0 Å².